The van der Waals surface area contributed by atoms with Crippen LogP contribution in [-0.4, -0.2) is 34.0 Å². The minimum Gasteiger partial charge on any atom is -0.539 e. The Bertz CT molecular complexity index is 1350. The third kappa shape index (κ3) is 5.15. The van der Waals surface area contributed by atoms with E-state index in [1.807, 2.05) is 12.1 Å². The Labute approximate surface area is 203 Å². The van der Waals surface area contributed by atoms with E-state index in [0.717, 1.165) is 16.4 Å². The molecule has 12 nitrogen and oxygen atoms in total. The molecule has 2 aromatic heterocycles. The first-order valence-corrected chi connectivity index (χ1v) is 11.0. The van der Waals surface area contributed by atoms with Gasteiger partial charge in [-0.1, -0.05) is 16.4 Å². The number of aromatic nitrogens is 3. The fraction of sp³-hybridized carbons (Fsp3) is 0.227. The average Bonchev–Trinajstić information content (AvgIpc) is 3.16. The van der Waals surface area contributed by atoms with Crippen molar-refractivity contribution in [1.82, 2.24) is 10.3 Å². The number of ether oxygens (including phenoxy) is 1. The number of anilines is 2. The first-order valence-electron chi connectivity index (χ1n) is 10.1. The van der Waals surface area contributed by atoms with E-state index in [-0.39, 0.29) is 39.8 Å². The Morgan fingerprint density at radius 2 is 1.94 bits per heavy atom. The summed E-state index contributed by atoms with van der Waals surface area (Å²) in [5.41, 5.74) is 6.22. The maximum atomic E-state index is 12.8. The maximum Gasteiger partial charge on any atom is 0.338 e. The minimum absolute atomic E-state index is 0.0555. The highest BCUT2D eigenvalue weighted by molar-refractivity contribution is 8.00. The summed E-state index contributed by atoms with van der Waals surface area (Å²) in [7, 11) is 1.41. The number of nitrogens with two attached hydrogens (primary N) is 1. The van der Waals surface area contributed by atoms with Crippen LogP contribution in [0.25, 0.3) is 11.3 Å². The molecule has 178 valence electrons. The first-order chi connectivity index (χ1) is 16.7. The van der Waals surface area contributed by atoms with Gasteiger partial charge in [-0.15, -0.1) is 0 Å². The molecule has 3 N–H and O–H groups in total. The number of nitrogen functional groups attached to an aromatic ring is 1. The van der Waals surface area contributed by atoms with Crippen molar-refractivity contribution in [1.29, 1.82) is 10.5 Å². The highest BCUT2D eigenvalue weighted by Gasteiger charge is 2.30. The lowest BCUT2D eigenvalue weighted by Gasteiger charge is -2.15. The third-order valence-electron chi connectivity index (χ3n) is 4.74. The predicted octanol–water partition coefficient (Wildman–Crippen LogP) is 1.26. The first kappa shape index (κ1) is 25.0. The summed E-state index contributed by atoms with van der Waals surface area (Å²) in [4.78, 5) is 28.7. The average molecular weight is 494 g/mol. The van der Waals surface area contributed by atoms with Crippen LogP contribution in [0.4, 0.5) is 11.5 Å². The number of hydrogen-bond donors (Lipinski definition) is 2. The topological polar surface area (TPSA) is 195 Å². The molecule has 1 aromatic carbocycles. The maximum absolute atomic E-state index is 12.8. The number of pyridine rings is 1. The Kier molecular flexibility index (Phi) is 7.53. The zero-order valence-corrected chi connectivity index (χ0v) is 19.7. The smallest absolute Gasteiger partial charge is 0.338 e. The van der Waals surface area contributed by atoms with Gasteiger partial charge in [0, 0.05) is 5.69 Å². The Balaban J connectivity index is 1.89. The highest BCUT2D eigenvalue weighted by atomic mass is 32.2. The number of aryl methyl sites for hydroxylation is 1. The number of carbonyl (C=O) groups is 2. The highest BCUT2D eigenvalue weighted by Crippen LogP contribution is 2.38. The zero-order valence-electron chi connectivity index (χ0n) is 18.9. The molecule has 3 aromatic rings. The quantitative estimate of drug-likeness (QED) is 0.273. The molecule has 13 heteroatoms. The fourth-order valence-electron chi connectivity index (χ4n) is 3.07. The molecule has 0 spiro atoms. The molecule has 0 bridgehead atoms. The molecule has 0 aliphatic carbocycles. The van der Waals surface area contributed by atoms with Crippen LogP contribution in [0.1, 0.15) is 35.3 Å². The zero-order chi connectivity index (χ0) is 25.7. The second kappa shape index (κ2) is 10.5. The molecule has 0 saturated heterocycles. The molecule has 3 rings (SSSR count). The summed E-state index contributed by atoms with van der Waals surface area (Å²) in [5, 5.41) is 37.1. The van der Waals surface area contributed by atoms with Crippen LogP contribution in [0.5, 0.6) is 5.95 Å². The van der Waals surface area contributed by atoms with Gasteiger partial charge < -0.3 is 25.4 Å². The number of nitrogens with one attached hydrogen (secondary N) is 1. The van der Waals surface area contributed by atoms with E-state index in [2.05, 4.69) is 20.1 Å². The molecule has 35 heavy (non-hydrogen) atoms. The molecule has 0 aliphatic heterocycles. The van der Waals surface area contributed by atoms with Gasteiger partial charge in [0.25, 0.3) is 5.69 Å². The van der Waals surface area contributed by atoms with Crippen molar-refractivity contribution in [3.8, 4) is 29.3 Å². The molecule has 1 atom stereocenters. The molecular weight excluding hydrogens is 474 g/mol. The number of benzene rings is 1. The number of nitriles is 2. The summed E-state index contributed by atoms with van der Waals surface area (Å²) in [6.07, 6.45) is 0. The standard InChI is InChI=1S/C22H19N7O5S/c1-4-33-21(31)12-5-7-13(8-6-12)26-19(30)11(2)35-20-15(10-24)16(14(9-23)18(25)27-20)17-22(32)34-28-29(17)3/h5-8,11H,4H2,1-3H3,(H3-,25,26,27,28,30,31,32). The van der Waals surface area contributed by atoms with E-state index in [0.29, 0.717) is 11.3 Å². The van der Waals surface area contributed by atoms with Crippen molar-refractivity contribution in [2.24, 2.45) is 7.05 Å². The molecule has 1 unspecified atom stereocenters. The Morgan fingerprint density at radius 3 is 2.49 bits per heavy atom. The van der Waals surface area contributed by atoms with Crippen LogP contribution in [0.2, 0.25) is 0 Å². The number of amides is 1. The number of rotatable bonds is 7. The van der Waals surface area contributed by atoms with Gasteiger partial charge in [-0.3, -0.25) is 4.79 Å². The third-order valence-corrected chi connectivity index (χ3v) is 5.82. The van der Waals surface area contributed by atoms with Crippen LogP contribution < -0.4 is 20.8 Å². The van der Waals surface area contributed by atoms with E-state index in [4.69, 9.17) is 10.5 Å². The lowest BCUT2D eigenvalue weighted by molar-refractivity contribution is -0.730. The van der Waals surface area contributed by atoms with Crippen molar-refractivity contribution in [2.45, 2.75) is 24.1 Å². The van der Waals surface area contributed by atoms with Crippen molar-refractivity contribution < 1.29 is 28.6 Å². The molecular formula is C22H19N7O5S. The van der Waals surface area contributed by atoms with E-state index in [1.165, 1.54) is 19.2 Å². The Morgan fingerprint density at radius 1 is 1.29 bits per heavy atom. The van der Waals surface area contributed by atoms with E-state index in [1.54, 1.807) is 26.0 Å². The molecule has 0 saturated carbocycles. The fourth-order valence-corrected chi connectivity index (χ4v) is 3.98. The number of hydrogen-bond acceptors (Lipinski definition) is 11. The van der Waals surface area contributed by atoms with Crippen molar-refractivity contribution in [2.75, 3.05) is 17.7 Å². The summed E-state index contributed by atoms with van der Waals surface area (Å²) in [5.74, 6) is -1.97. The van der Waals surface area contributed by atoms with Gasteiger partial charge in [0.1, 0.15) is 28.5 Å². The number of nitrogens with zero attached hydrogens (tertiary/aromatic N) is 5. The van der Waals surface area contributed by atoms with E-state index in [9.17, 15) is 25.2 Å². The van der Waals surface area contributed by atoms with E-state index < -0.39 is 23.1 Å². The molecule has 0 fully saturated rings. The van der Waals surface area contributed by atoms with Crippen molar-refractivity contribution >= 4 is 35.1 Å². The molecule has 2 heterocycles. The number of carbonyl (C=O) groups excluding carboxylic acids is 2. The SMILES string of the molecule is CCOC(=O)c1ccc(NC(=O)C(C)Sc2nc(N)c(C#N)c(-c3c([O-])on[n+]3C)c2C#N)cc1. The van der Waals surface area contributed by atoms with Crippen LogP contribution in [0, 0.1) is 22.7 Å². The van der Waals surface area contributed by atoms with Gasteiger partial charge in [0.2, 0.25) is 5.91 Å². The summed E-state index contributed by atoms with van der Waals surface area (Å²) < 4.78 is 10.6. The van der Waals surface area contributed by atoms with Gasteiger partial charge in [-0.25, -0.2) is 9.78 Å². The van der Waals surface area contributed by atoms with Gasteiger partial charge in [0.05, 0.1) is 33.8 Å². The van der Waals surface area contributed by atoms with Crippen molar-refractivity contribution in [3.63, 3.8) is 0 Å². The lowest BCUT2D eigenvalue weighted by atomic mass is 10.0. The largest absolute Gasteiger partial charge is 0.539 e. The van der Waals surface area contributed by atoms with Crippen LogP contribution in [-0.2, 0) is 16.6 Å². The van der Waals surface area contributed by atoms with Crippen molar-refractivity contribution in [3.05, 3.63) is 41.0 Å². The summed E-state index contributed by atoms with van der Waals surface area (Å²) in [6.45, 7) is 3.54. The van der Waals surface area contributed by atoms with Crippen LogP contribution in [0.15, 0.2) is 33.8 Å². The Hall–Kier alpha value is -4.62. The monoisotopic (exact) mass is 493 g/mol. The van der Waals surface area contributed by atoms with E-state index >= 15 is 0 Å². The summed E-state index contributed by atoms with van der Waals surface area (Å²) in [6, 6.07) is 9.95. The lowest BCUT2D eigenvalue weighted by Crippen LogP contribution is -2.32. The molecule has 0 radical (unpaired) electrons. The second-order valence-corrected chi connectivity index (χ2v) is 8.36. The number of esters is 1. The van der Waals surface area contributed by atoms with Gasteiger partial charge in [0.15, 0.2) is 13.0 Å². The normalized spacial score (nSPS) is 11.2. The number of thioether (sulfide) groups is 1. The second-order valence-electron chi connectivity index (χ2n) is 7.03. The minimum atomic E-state index is -0.862. The van der Waals surface area contributed by atoms with Crippen LogP contribution in [0.3, 0.4) is 0 Å². The van der Waals surface area contributed by atoms with Gasteiger partial charge >= 0.3 is 5.97 Å². The van der Waals surface area contributed by atoms with Gasteiger partial charge in [-0.2, -0.15) is 10.5 Å². The summed E-state index contributed by atoms with van der Waals surface area (Å²) >= 11 is 0.922. The molecule has 1 amide bonds. The van der Waals surface area contributed by atoms with Crippen LogP contribution >= 0.6 is 11.8 Å². The molecule has 0 aliphatic rings. The van der Waals surface area contributed by atoms with Gasteiger partial charge in [-0.05, 0) is 38.1 Å². The predicted molar refractivity (Wildman–Crippen MR) is 121 cm³/mol.